The lowest BCUT2D eigenvalue weighted by molar-refractivity contribution is -0.862. The number of rotatable bonds is 8. The molecule has 23 heavy (non-hydrogen) atoms. The minimum Gasteiger partial charge on any atom is -0.495 e. The summed E-state index contributed by atoms with van der Waals surface area (Å²) < 4.78 is 5.18. The second-order valence-electron chi connectivity index (χ2n) is 5.58. The maximum atomic E-state index is 12.1. The fraction of sp³-hybridized carbons (Fsp3) is 0.500. The molecular formula is C16H25ClN3O3+. The number of anilines is 1. The van der Waals surface area contributed by atoms with Crippen LogP contribution in [0.4, 0.5) is 5.69 Å². The van der Waals surface area contributed by atoms with E-state index in [2.05, 4.69) is 10.6 Å². The Kier molecular flexibility index (Phi) is 7.85. The van der Waals surface area contributed by atoms with Gasteiger partial charge in [0.15, 0.2) is 13.1 Å². The number of halogens is 1. The quantitative estimate of drug-likeness (QED) is 0.652. The lowest BCUT2D eigenvalue weighted by Crippen LogP contribution is -3.11. The number of amides is 2. The number of hydrogen-bond donors (Lipinski definition) is 3. The Balaban J connectivity index is 2.53. The van der Waals surface area contributed by atoms with Crippen LogP contribution in [-0.4, -0.2) is 45.1 Å². The van der Waals surface area contributed by atoms with Gasteiger partial charge in [-0.15, -0.1) is 0 Å². The normalized spacial score (nSPS) is 13.1. The van der Waals surface area contributed by atoms with Crippen LogP contribution >= 0.6 is 11.6 Å². The smallest absolute Gasteiger partial charge is 0.279 e. The van der Waals surface area contributed by atoms with Crippen LogP contribution in [0.2, 0.25) is 5.02 Å². The third-order valence-corrected chi connectivity index (χ3v) is 3.62. The van der Waals surface area contributed by atoms with Crippen molar-refractivity contribution >= 4 is 29.1 Å². The average molecular weight is 343 g/mol. The molecule has 7 heteroatoms. The highest BCUT2D eigenvalue weighted by molar-refractivity contribution is 6.31. The van der Waals surface area contributed by atoms with Crippen molar-refractivity contribution in [3.05, 3.63) is 23.2 Å². The van der Waals surface area contributed by atoms with E-state index < -0.39 is 0 Å². The molecule has 0 aliphatic heterocycles. The zero-order valence-corrected chi connectivity index (χ0v) is 14.8. The molecule has 0 saturated heterocycles. The van der Waals surface area contributed by atoms with E-state index in [1.807, 2.05) is 13.8 Å². The van der Waals surface area contributed by atoms with Crippen LogP contribution in [0.3, 0.4) is 0 Å². The van der Waals surface area contributed by atoms with Crippen LogP contribution in [-0.2, 0) is 9.59 Å². The van der Waals surface area contributed by atoms with Gasteiger partial charge in [-0.05, 0) is 31.5 Å². The van der Waals surface area contributed by atoms with Crippen LogP contribution < -0.4 is 20.3 Å². The molecule has 0 aliphatic carbocycles. The Morgan fingerprint density at radius 3 is 2.57 bits per heavy atom. The zero-order valence-electron chi connectivity index (χ0n) is 14.0. The second kappa shape index (κ2) is 9.37. The van der Waals surface area contributed by atoms with Crippen molar-refractivity contribution in [2.75, 3.05) is 32.6 Å². The summed E-state index contributed by atoms with van der Waals surface area (Å²) in [5.74, 6) is 0.263. The number of carbonyl (C=O) groups is 2. The Labute approximate surface area is 142 Å². The number of methoxy groups -OCH3 is 1. The number of ether oxygens (including phenoxy) is 1. The summed E-state index contributed by atoms with van der Waals surface area (Å²) in [5, 5.41) is 6.15. The van der Waals surface area contributed by atoms with Gasteiger partial charge >= 0.3 is 0 Å². The van der Waals surface area contributed by atoms with Gasteiger partial charge in [-0.1, -0.05) is 18.5 Å². The van der Waals surface area contributed by atoms with Crippen molar-refractivity contribution in [2.45, 2.75) is 26.3 Å². The molecule has 2 amide bonds. The largest absolute Gasteiger partial charge is 0.495 e. The second-order valence-corrected chi connectivity index (χ2v) is 6.02. The van der Waals surface area contributed by atoms with Crippen molar-refractivity contribution in [2.24, 2.45) is 0 Å². The van der Waals surface area contributed by atoms with E-state index >= 15 is 0 Å². The molecule has 0 radical (unpaired) electrons. The van der Waals surface area contributed by atoms with Crippen LogP contribution in [0.15, 0.2) is 18.2 Å². The number of carbonyl (C=O) groups excluding carboxylic acids is 2. The van der Waals surface area contributed by atoms with Crippen LogP contribution in [0.5, 0.6) is 5.75 Å². The molecule has 0 fully saturated rings. The fourth-order valence-electron chi connectivity index (χ4n) is 2.01. The molecule has 1 aromatic carbocycles. The predicted molar refractivity (Wildman–Crippen MR) is 91.2 cm³/mol. The van der Waals surface area contributed by atoms with Gasteiger partial charge in [-0.25, -0.2) is 0 Å². The van der Waals surface area contributed by atoms with Crippen LogP contribution in [0, 0.1) is 0 Å². The van der Waals surface area contributed by atoms with Gasteiger partial charge in [0.05, 0.1) is 19.8 Å². The summed E-state index contributed by atoms with van der Waals surface area (Å²) in [6.45, 7) is 4.37. The Morgan fingerprint density at radius 2 is 1.96 bits per heavy atom. The summed E-state index contributed by atoms with van der Waals surface area (Å²) >= 11 is 5.93. The first kappa shape index (κ1) is 19.3. The van der Waals surface area contributed by atoms with Gasteiger partial charge in [0, 0.05) is 11.1 Å². The molecule has 0 aromatic heterocycles. The molecule has 0 heterocycles. The third kappa shape index (κ3) is 6.88. The van der Waals surface area contributed by atoms with Gasteiger partial charge in [-0.3, -0.25) is 9.59 Å². The lowest BCUT2D eigenvalue weighted by Gasteiger charge is -2.16. The number of benzene rings is 1. The molecule has 6 nitrogen and oxygen atoms in total. The van der Waals surface area contributed by atoms with Crippen molar-refractivity contribution in [1.82, 2.24) is 5.32 Å². The molecular weight excluding hydrogens is 318 g/mol. The topological polar surface area (TPSA) is 71.9 Å². The van der Waals surface area contributed by atoms with E-state index in [1.54, 1.807) is 25.2 Å². The molecule has 3 N–H and O–H groups in total. The van der Waals surface area contributed by atoms with E-state index in [0.717, 1.165) is 11.3 Å². The first-order valence-electron chi connectivity index (χ1n) is 7.59. The van der Waals surface area contributed by atoms with Crippen molar-refractivity contribution in [3.63, 3.8) is 0 Å². The van der Waals surface area contributed by atoms with E-state index in [1.165, 1.54) is 7.11 Å². The van der Waals surface area contributed by atoms with Crippen LogP contribution in [0.25, 0.3) is 0 Å². The van der Waals surface area contributed by atoms with E-state index in [4.69, 9.17) is 16.3 Å². The molecule has 1 unspecified atom stereocenters. The molecule has 0 bridgehead atoms. The standard InChI is InChI=1S/C16H24ClN3O3/c1-5-11(2)18-15(21)9-20(3)10-16(22)19-13-8-12(17)6-7-14(13)23-4/h6-8,11H,5,9-10H2,1-4H3,(H,18,21)(H,19,22)/p+1/t11-/m1/s1. The molecule has 0 saturated carbocycles. The van der Waals surface area contributed by atoms with Crippen molar-refractivity contribution in [1.29, 1.82) is 0 Å². The van der Waals surface area contributed by atoms with Gasteiger partial charge in [0.25, 0.3) is 11.8 Å². The maximum Gasteiger partial charge on any atom is 0.279 e. The minimum absolute atomic E-state index is 0.0648. The van der Waals surface area contributed by atoms with Crippen LogP contribution in [0.1, 0.15) is 20.3 Å². The van der Waals surface area contributed by atoms with E-state index in [9.17, 15) is 9.59 Å². The minimum atomic E-state index is -0.209. The average Bonchev–Trinajstić information content (AvgIpc) is 2.46. The molecule has 1 aromatic rings. The fourth-order valence-corrected chi connectivity index (χ4v) is 2.18. The monoisotopic (exact) mass is 342 g/mol. The lowest BCUT2D eigenvalue weighted by atomic mass is 10.2. The van der Waals surface area contributed by atoms with Crippen molar-refractivity contribution < 1.29 is 19.2 Å². The molecule has 2 atom stereocenters. The highest BCUT2D eigenvalue weighted by Gasteiger charge is 2.16. The first-order valence-corrected chi connectivity index (χ1v) is 7.97. The summed E-state index contributed by atoms with van der Waals surface area (Å²) in [4.78, 5) is 24.7. The first-order chi connectivity index (χ1) is 10.8. The summed E-state index contributed by atoms with van der Waals surface area (Å²) in [7, 11) is 3.32. The van der Waals surface area contributed by atoms with Gasteiger partial charge < -0.3 is 20.3 Å². The number of likely N-dealkylation sites (N-methyl/N-ethyl adjacent to an activating group) is 1. The number of quaternary nitrogens is 1. The van der Waals surface area contributed by atoms with Gasteiger partial charge in [0.1, 0.15) is 5.75 Å². The van der Waals surface area contributed by atoms with Gasteiger partial charge in [-0.2, -0.15) is 0 Å². The van der Waals surface area contributed by atoms with Crippen molar-refractivity contribution in [3.8, 4) is 5.75 Å². The molecule has 1 rings (SSSR count). The highest BCUT2D eigenvalue weighted by atomic mass is 35.5. The summed E-state index contributed by atoms with van der Waals surface area (Å²) in [5.41, 5.74) is 0.516. The molecule has 0 aliphatic rings. The Bertz CT molecular complexity index is 551. The summed E-state index contributed by atoms with van der Waals surface area (Å²) in [6, 6.07) is 5.14. The Morgan fingerprint density at radius 1 is 1.30 bits per heavy atom. The SMILES string of the molecule is CC[C@@H](C)NC(=O)C[NH+](C)CC(=O)Nc1cc(Cl)ccc1OC. The van der Waals surface area contributed by atoms with E-state index in [0.29, 0.717) is 16.5 Å². The third-order valence-electron chi connectivity index (χ3n) is 3.38. The number of hydrogen-bond acceptors (Lipinski definition) is 3. The number of nitrogens with one attached hydrogen (secondary N) is 3. The predicted octanol–water partition coefficient (Wildman–Crippen LogP) is 0.717. The zero-order chi connectivity index (χ0) is 17.4. The molecule has 128 valence electrons. The summed E-state index contributed by atoms with van der Waals surface area (Å²) in [6.07, 6.45) is 0.875. The van der Waals surface area contributed by atoms with E-state index in [-0.39, 0.29) is 30.9 Å². The highest BCUT2D eigenvalue weighted by Crippen LogP contribution is 2.27. The maximum absolute atomic E-state index is 12.1. The van der Waals surface area contributed by atoms with Gasteiger partial charge in [0.2, 0.25) is 0 Å². The Hall–Kier alpha value is -1.79. The molecule has 0 spiro atoms.